The molecule has 0 aromatic rings. The van der Waals surface area contributed by atoms with Gasteiger partial charge in [0.1, 0.15) is 0 Å². The zero-order chi connectivity index (χ0) is 12.3. The van der Waals surface area contributed by atoms with E-state index in [1.807, 2.05) is 0 Å². The molecule has 1 unspecified atom stereocenters. The minimum absolute atomic E-state index is 0.344. The van der Waals surface area contributed by atoms with Gasteiger partial charge in [0, 0.05) is 11.6 Å². The first-order chi connectivity index (χ1) is 8.16. The van der Waals surface area contributed by atoms with Crippen LogP contribution in [0, 0.1) is 5.92 Å². The Morgan fingerprint density at radius 2 is 1.82 bits per heavy atom. The van der Waals surface area contributed by atoms with E-state index in [0.717, 1.165) is 5.92 Å². The van der Waals surface area contributed by atoms with E-state index in [1.54, 1.807) is 0 Å². The Labute approximate surface area is 107 Å². The van der Waals surface area contributed by atoms with E-state index < -0.39 is 0 Å². The summed E-state index contributed by atoms with van der Waals surface area (Å²) in [5.74, 6) is 0.943. The topological polar surface area (TPSA) is 15.3 Å². The van der Waals surface area contributed by atoms with E-state index in [9.17, 15) is 0 Å². The predicted octanol–water partition coefficient (Wildman–Crippen LogP) is 3.03. The first kappa shape index (κ1) is 13.4. The van der Waals surface area contributed by atoms with Crippen LogP contribution in [-0.4, -0.2) is 36.1 Å². The molecule has 1 heterocycles. The van der Waals surface area contributed by atoms with E-state index in [0.29, 0.717) is 11.6 Å². The van der Waals surface area contributed by atoms with Gasteiger partial charge in [-0.3, -0.25) is 4.90 Å². The fourth-order valence-corrected chi connectivity index (χ4v) is 3.39. The van der Waals surface area contributed by atoms with Crippen LogP contribution in [0.5, 0.6) is 0 Å². The highest BCUT2D eigenvalue weighted by Crippen LogP contribution is 2.39. The number of hydrogen-bond donors (Lipinski definition) is 1. The number of nitrogens with one attached hydrogen (secondary N) is 1. The monoisotopic (exact) mass is 238 g/mol. The van der Waals surface area contributed by atoms with Crippen molar-refractivity contribution in [2.45, 2.75) is 70.9 Å². The van der Waals surface area contributed by atoms with Crippen LogP contribution in [-0.2, 0) is 0 Å². The van der Waals surface area contributed by atoms with Crippen LogP contribution in [0.1, 0.15) is 59.3 Å². The summed E-state index contributed by atoms with van der Waals surface area (Å²) in [4.78, 5) is 2.74. The number of piperidine rings is 1. The maximum atomic E-state index is 3.83. The normalized spacial score (nSPS) is 24.9. The highest BCUT2D eigenvalue weighted by molar-refractivity contribution is 5.02. The molecule has 1 aliphatic carbocycles. The van der Waals surface area contributed by atoms with Gasteiger partial charge in [-0.1, -0.05) is 13.3 Å². The van der Waals surface area contributed by atoms with Crippen LogP contribution in [0.25, 0.3) is 0 Å². The lowest BCUT2D eigenvalue weighted by atomic mass is 9.87. The first-order valence-electron chi connectivity index (χ1n) is 7.64. The number of likely N-dealkylation sites (tertiary alicyclic amines) is 1. The van der Waals surface area contributed by atoms with Gasteiger partial charge in [0.15, 0.2) is 0 Å². The third-order valence-corrected chi connectivity index (χ3v) is 4.64. The predicted molar refractivity (Wildman–Crippen MR) is 74.3 cm³/mol. The molecular formula is C15H30N2. The number of nitrogens with zero attached hydrogens (tertiary/aromatic N) is 1. The molecule has 0 bridgehead atoms. The third kappa shape index (κ3) is 3.23. The molecule has 1 saturated carbocycles. The Morgan fingerprint density at radius 3 is 2.35 bits per heavy atom. The summed E-state index contributed by atoms with van der Waals surface area (Å²) in [6.45, 7) is 11.0. The minimum Gasteiger partial charge on any atom is -0.312 e. The second-order valence-corrected chi connectivity index (χ2v) is 6.47. The number of hydrogen-bond acceptors (Lipinski definition) is 2. The molecule has 100 valence electrons. The average molecular weight is 238 g/mol. The third-order valence-electron chi connectivity index (χ3n) is 4.64. The Balaban J connectivity index is 1.98. The zero-order valence-electron chi connectivity index (χ0n) is 12.0. The molecular weight excluding hydrogens is 208 g/mol. The van der Waals surface area contributed by atoms with Gasteiger partial charge in [0.25, 0.3) is 0 Å². The Bertz CT molecular complexity index is 227. The molecule has 2 aliphatic rings. The van der Waals surface area contributed by atoms with E-state index in [4.69, 9.17) is 0 Å². The minimum atomic E-state index is 0.344. The maximum absolute atomic E-state index is 3.83. The van der Waals surface area contributed by atoms with Crippen LogP contribution in [0.3, 0.4) is 0 Å². The molecule has 1 aliphatic heterocycles. The van der Waals surface area contributed by atoms with Crippen LogP contribution >= 0.6 is 0 Å². The molecule has 2 heteroatoms. The van der Waals surface area contributed by atoms with Gasteiger partial charge in [-0.15, -0.1) is 0 Å². The van der Waals surface area contributed by atoms with Gasteiger partial charge >= 0.3 is 0 Å². The summed E-state index contributed by atoms with van der Waals surface area (Å²) >= 11 is 0. The van der Waals surface area contributed by atoms with Crippen molar-refractivity contribution in [1.29, 1.82) is 0 Å². The standard InChI is InChI=1S/C15H30N2/c1-4-10-16-14(13-8-9-13)15(2,3)17-11-6-5-7-12-17/h13-14,16H,4-12H2,1-3H3. The lowest BCUT2D eigenvalue weighted by molar-refractivity contribution is 0.0538. The summed E-state index contributed by atoms with van der Waals surface area (Å²) in [7, 11) is 0. The molecule has 2 nitrogen and oxygen atoms in total. The second kappa shape index (κ2) is 5.71. The molecule has 0 aromatic heterocycles. The molecule has 0 amide bonds. The van der Waals surface area contributed by atoms with Crippen molar-refractivity contribution in [2.24, 2.45) is 5.92 Å². The van der Waals surface area contributed by atoms with Crippen molar-refractivity contribution in [2.75, 3.05) is 19.6 Å². The molecule has 1 atom stereocenters. The van der Waals surface area contributed by atoms with E-state index in [2.05, 4.69) is 31.0 Å². The quantitative estimate of drug-likeness (QED) is 0.765. The molecule has 0 spiro atoms. The van der Waals surface area contributed by atoms with Gasteiger partial charge in [-0.2, -0.15) is 0 Å². The Morgan fingerprint density at radius 1 is 1.18 bits per heavy atom. The fraction of sp³-hybridized carbons (Fsp3) is 1.00. The molecule has 1 N–H and O–H groups in total. The molecule has 2 rings (SSSR count). The second-order valence-electron chi connectivity index (χ2n) is 6.47. The summed E-state index contributed by atoms with van der Waals surface area (Å²) < 4.78 is 0. The van der Waals surface area contributed by atoms with Crippen LogP contribution in [0.15, 0.2) is 0 Å². The highest BCUT2D eigenvalue weighted by Gasteiger charge is 2.43. The van der Waals surface area contributed by atoms with Crippen molar-refractivity contribution in [3.8, 4) is 0 Å². The van der Waals surface area contributed by atoms with Gasteiger partial charge < -0.3 is 5.32 Å². The zero-order valence-corrected chi connectivity index (χ0v) is 12.0. The van der Waals surface area contributed by atoms with E-state index in [-0.39, 0.29) is 0 Å². The van der Waals surface area contributed by atoms with E-state index >= 15 is 0 Å². The summed E-state index contributed by atoms with van der Waals surface area (Å²) in [6, 6.07) is 0.709. The van der Waals surface area contributed by atoms with Crippen molar-refractivity contribution in [1.82, 2.24) is 10.2 Å². The van der Waals surface area contributed by atoms with Crippen molar-refractivity contribution in [3.63, 3.8) is 0 Å². The first-order valence-corrected chi connectivity index (χ1v) is 7.64. The molecule has 2 fully saturated rings. The average Bonchev–Trinajstić information content (AvgIpc) is 3.15. The van der Waals surface area contributed by atoms with Gasteiger partial charge in [0.2, 0.25) is 0 Å². The molecule has 17 heavy (non-hydrogen) atoms. The van der Waals surface area contributed by atoms with Crippen molar-refractivity contribution < 1.29 is 0 Å². The molecule has 1 saturated heterocycles. The van der Waals surface area contributed by atoms with E-state index in [1.165, 1.54) is 58.2 Å². The molecule has 0 aromatic carbocycles. The Hall–Kier alpha value is -0.0800. The maximum Gasteiger partial charge on any atom is 0.0308 e. The number of rotatable bonds is 6. The van der Waals surface area contributed by atoms with Crippen LogP contribution < -0.4 is 5.32 Å². The summed E-state index contributed by atoms with van der Waals surface area (Å²) in [6.07, 6.45) is 8.36. The summed E-state index contributed by atoms with van der Waals surface area (Å²) in [5.41, 5.74) is 0.344. The van der Waals surface area contributed by atoms with Crippen LogP contribution in [0.2, 0.25) is 0 Å². The van der Waals surface area contributed by atoms with Gasteiger partial charge in [-0.25, -0.2) is 0 Å². The largest absolute Gasteiger partial charge is 0.312 e. The van der Waals surface area contributed by atoms with Gasteiger partial charge in [-0.05, 0) is 71.5 Å². The van der Waals surface area contributed by atoms with Crippen LogP contribution in [0.4, 0.5) is 0 Å². The lowest BCUT2D eigenvalue weighted by Gasteiger charge is -2.46. The lowest BCUT2D eigenvalue weighted by Crippen LogP contribution is -2.60. The summed E-state index contributed by atoms with van der Waals surface area (Å²) in [5, 5.41) is 3.83. The smallest absolute Gasteiger partial charge is 0.0308 e. The molecule has 0 radical (unpaired) electrons. The highest BCUT2D eigenvalue weighted by atomic mass is 15.2. The van der Waals surface area contributed by atoms with Gasteiger partial charge in [0.05, 0.1) is 0 Å². The van der Waals surface area contributed by atoms with Crippen molar-refractivity contribution >= 4 is 0 Å². The fourth-order valence-electron chi connectivity index (χ4n) is 3.39. The SMILES string of the molecule is CCCNC(C1CC1)C(C)(C)N1CCCCC1. The Kier molecular flexibility index (Phi) is 4.48. The van der Waals surface area contributed by atoms with Crippen molar-refractivity contribution in [3.05, 3.63) is 0 Å².